The van der Waals surface area contributed by atoms with E-state index in [1.165, 1.54) is 0 Å². The fourth-order valence-electron chi connectivity index (χ4n) is 1.48. The van der Waals surface area contributed by atoms with E-state index in [1.807, 2.05) is 13.0 Å². The zero-order valence-electron chi connectivity index (χ0n) is 10.4. The van der Waals surface area contributed by atoms with Crippen molar-refractivity contribution in [2.45, 2.75) is 13.5 Å². The van der Waals surface area contributed by atoms with Crippen molar-refractivity contribution in [2.24, 2.45) is 5.84 Å². The lowest BCUT2D eigenvalue weighted by atomic mass is 10.1. The van der Waals surface area contributed by atoms with Crippen LogP contribution in [0.3, 0.4) is 0 Å². The number of aromatic nitrogens is 3. The molecule has 98 valence electrons. The number of hydrogen-bond donors (Lipinski definition) is 3. The molecule has 7 nitrogen and oxygen atoms in total. The molecule has 7 heteroatoms. The SMILES string of the molecule is Cc1ccncc1CNC(=O)c1ccc(NN)nn1. The third-order valence-electron chi connectivity index (χ3n) is 2.63. The Morgan fingerprint density at radius 3 is 2.79 bits per heavy atom. The fraction of sp³-hybridized carbons (Fsp3) is 0.167. The lowest BCUT2D eigenvalue weighted by Gasteiger charge is -2.06. The Hall–Kier alpha value is -2.54. The normalized spacial score (nSPS) is 10.0. The molecule has 0 bridgehead atoms. The lowest BCUT2D eigenvalue weighted by Crippen LogP contribution is -2.24. The van der Waals surface area contributed by atoms with Crippen molar-refractivity contribution in [2.75, 3.05) is 5.43 Å². The first-order valence-corrected chi connectivity index (χ1v) is 5.68. The van der Waals surface area contributed by atoms with Gasteiger partial charge in [-0.2, -0.15) is 0 Å². The van der Waals surface area contributed by atoms with Crippen LogP contribution in [-0.2, 0) is 6.54 Å². The van der Waals surface area contributed by atoms with Crippen LogP contribution in [0.2, 0.25) is 0 Å². The van der Waals surface area contributed by atoms with Crippen LogP contribution < -0.4 is 16.6 Å². The first-order chi connectivity index (χ1) is 9.20. The molecule has 0 saturated carbocycles. The number of hydrogen-bond acceptors (Lipinski definition) is 6. The first kappa shape index (κ1) is 12.9. The Kier molecular flexibility index (Phi) is 3.99. The maximum absolute atomic E-state index is 11.8. The highest BCUT2D eigenvalue weighted by Gasteiger charge is 2.08. The molecule has 0 unspecified atom stereocenters. The summed E-state index contributed by atoms with van der Waals surface area (Å²) in [4.78, 5) is 15.9. The van der Waals surface area contributed by atoms with Crippen LogP contribution in [0.1, 0.15) is 21.6 Å². The van der Waals surface area contributed by atoms with E-state index in [2.05, 4.69) is 25.9 Å². The zero-order valence-corrected chi connectivity index (χ0v) is 10.4. The molecule has 0 spiro atoms. The van der Waals surface area contributed by atoms with Crippen molar-refractivity contribution in [3.63, 3.8) is 0 Å². The molecule has 0 radical (unpaired) electrons. The lowest BCUT2D eigenvalue weighted by molar-refractivity contribution is 0.0945. The highest BCUT2D eigenvalue weighted by atomic mass is 16.1. The Balaban J connectivity index is 1.99. The zero-order chi connectivity index (χ0) is 13.7. The van der Waals surface area contributed by atoms with E-state index in [1.54, 1.807) is 24.5 Å². The second-order valence-electron chi connectivity index (χ2n) is 3.93. The topological polar surface area (TPSA) is 106 Å². The number of anilines is 1. The summed E-state index contributed by atoms with van der Waals surface area (Å²) in [5, 5.41) is 10.3. The Bertz CT molecular complexity index is 569. The number of pyridine rings is 1. The molecule has 0 fully saturated rings. The van der Waals surface area contributed by atoms with Crippen LogP contribution in [0, 0.1) is 6.92 Å². The monoisotopic (exact) mass is 258 g/mol. The number of rotatable bonds is 4. The van der Waals surface area contributed by atoms with Gasteiger partial charge >= 0.3 is 0 Å². The maximum Gasteiger partial charge on any atom is 0.272 e. The fourth-order valence-corrected chi connectivity index (χ4v) is 1.48. The van der Waals surface area contributed by atoms with Gasteiger partial charge in [0.2, 0.25) is 0 Å². The van der Waals surface area contributed by atoms with Crippen molar-refractivity contribution in [3.05, 3.63) is 47.4 Å². The predicted octanol–water partition coefficient (Wildman–Crippen LogP) is 0.396. The van der Waals surface area contributed by atoms with Gasteiger partial charge in [0.1, 0.15) is 0 Å². The van der Waals surface area contributed by atoms with Crippen LogP contribution in [0.5, 0.6) is 0 Å². The van der Waals surface area contributed by atoms with Gasteiger partial charge in [-0.05, 0) is 36.2 Å². The van der Waals surface area contributed by atoms with Gasteiger partial charge in [0.25, 0.3) is 5.91 Å². The van der Waals surface area contributed by atoms with Crippen molar-refractivity contribution in [1.82, 2.24) is 20.5 Å². The average Bonchev–Trinajstić information content (AvgIpc) is 2.46. The van der Waals surface area contributed by atoms with Crippen LogP contribution in [0.25, 0.3) is 0 Å². The molecule has 2 aromatic rings. The van der Waals surface area contributed by atoms with Gasteiger partial charge in [0.15, 0.2) is 11.5 Å². The number of aryl methyl sites for hydroxylation is 1. The van der Waals surface area contributed by atoms with Crippen LogP contribution in [0.4, 0.5) is 5.82 Å². The summed E-state index contributed by atoms with van der Waals surface area (Å²) in [5.41, 5.74) is 4.62. The minimum Gasteiger partial charge on any atom is -0.346 e. The third kappa shape index (κ3) is 3.23. The van der Waals surface area contributed by atoms with Crippen molar-refractivity contribution in [1.29, 1.82) is 0 Å². The number of nitrogen functional groups attached to an aromatic ring is 1. The molecule has 0 atom stereocenters. The Labute approximate surface area is 110 Å². The molecule has 4 N–H and O–H groups in total. The number of carbonyl (C=O) groups excluding carboxylic acids is 1. The summed E-state index contributed by atoms with van der Waals surface area (Å²) in [7, 11) is 0. The second kappa shape index (κ2) is 5.87. The highest BCUT2D eigenvalue weighted by molar-refractivity contribution is 5.92. The summed E-state index contributed by atoms with van der Waals surface area (Å²) < 4.78 is 0. The summed E-state index contributed by atoms with van der Waals surface area (Å²) >= 11 is 0. The van der Waals surface area contributed by atoms with E-state index in [4.69, 9.17) is 5.84 Å². The molecule has 0 aliphatic carbocycles. The molecule has 2 rings (SSSR count). The molecule has 0 aromatic carbocycles. The van der Waals surface area contributed by atoms with E-state index in [0.717, 1.165) is 11.1 Å². The van der Waals surface area contributed by atoms with E-state index in [9.17, 15) is 4.79 Å². The summed E-state index contributed by atoms with van der Waals surface area (Å²) in [6, 6.07) is 5.02. The van der Waals surface area contributed by atoms with Crippen molar-refractivity contribution < 1.29 is 4.79 Å². The molecule has 0 aliphatic heterocycles. The van der Waals surface area contributed by atoms with Crippen molar-refractivity contribution in [3.8, 4) is 0 Å². The van der Waals surface area contributed by atoms with E-state index in [0.29, 0.717) is 12.4 Å². The van der Waals surface area contributed by atoms with Crippen LogP contribution >= 0.6 is 0 Å². The number of nitrogens with zero attached hydrogens (tertiary/aromatic N) is 3. The Morgan fingerprint density at radius 1 is 1.32 bits per heavy atom. The van der Waals surface area contributed by atoms with Gasteiger partial charge < -0.3 is 10.7 Å². The minimum atomic E-state index is -0.292. The van der Waals surface area contributed by atoms with Gasteiger partial charge in [0, 0.05) is 18.9 Å². The number of nitrogens with one attached hydrogen (secondary N) is 2. The summed E-state index contributed by atoms with van der Waals surface area (Å²) in [6.45, 7) is 2.36. The summed E-state index contributed by atoms with van der Waals surface area (Å²) in [6.07, 6.45) is 3.44. The van der Waals surface area contributed by atoms with E-state index >= 15 is 0 Å². The Morgan fingerprint density at radius 2 is 2.16 bits per heavy atom. The van der Waals surface area contributed by atoms with Gasteiger partial charge in [-0.25, -0.2) is 5.84 Å². The highest BCUT2D eigenvalue weighted by Crippen LogP contribution is 2.05. The third-order valence-corrected chi connectivity index (χ3v) is 2.63. The number of carbonyl (C=O) groups is 1. The largest absolute Gasteiger partial charge is 0.346 e. The van der Waals surface area contributed by atoms with Gasteiger partial charge in [-0.3, -0.25) is 9.78 Å². The summed E-state index contributed by atoms with van der Waals surface area (Å²) in [5.74, 6) is 5.28. The smallest absolute Gasteiger partial charge is 0.272 e. The van der Waals surface area contributed by atoms with E-state index < -0.39 is 0 Å². The molecule has 0 saturated heterocycles. The number of amides is 1. The van der Waals surface area contributed by atoms with Crippen LogP contribution in [-0.4, -0.2) is 21.1 Å². The van der Waals surface area contributed by atoms with Crippen molar-refractivity contribution >= 4 is 11.7 Å². The quantitative estimate of drug-likeness (QED) is 0.541. The minimum absolute atomic E-state index is 0.237. The predicted molar refractivity (Wildman–Crippen MR) is 70.0 cm³/mol. The van der Waals surface area contributed by atoms with E-state index in [-0.39, 0.29) is 11.6 Å². The molecular weight excluding hydrogens is 244 g/mol. The number of hydrazine groups is 1. The standard InChI is InChI=1S/C12H14N6O/c1-8-4-5-14-6-9(8)7-15-12(19)10-2-3-11(16-13)18-17-10/h2-6H,7,13H2,1H3,(H,15,19)(H,16,18). The molecule has 2 aromatic heterocycles. The van der Waals surface area contributed by atoms with Gasteiger partial charge in [0.05, 0.1) is 0 Å². The molecular formula is C12H14N6O. The van der Waals surface area contributed by atoms with Gasteiger partial charge in [-0.15, -0.1) is 10.2 Å². The average molecular weight is 258 g/mol. The first-order valence-electron chi connectivity index (χ1n) is 5.68. The van der Waals surface area contributed by atoms with Crippen LogP contribution in [0.15, 0.2) is 30.6 Å². The molecule has 19 heavy (non-hydrogen) atoms. The molecule has 0 aliphatic rings. The molecule has 1 amide bonds. The van der Waals surface area contributed by atoms with Gasteiger partial charge in [-0.1, -0.05) is 0 Å². The molecule has 2 heterocycles. The second-order valence-corrected chi connectivity index (χ2v) is 3.93. The maximum atomic E-state index is 11.8. The number of nitrogens with two attached hydrogens (primary N) is 1.